The number of hydrogen-bond donors (Lipinski definition) is 0. The maximum Gasteiger partial charge on any atom is 0.343 e. The van der Waals surface area contributed by atoms with Crippen LogP contribution in [-0.4, -0.2) is 13.1 Å². The van der Waals surface area contributed by atoms with E-state index in [0.717, 1.165) is 24.2 Å². The first-order chi connectivity index (χ1) is 13.6. The predicted octanol–water partition coefficient (Wildman–Crippen LogP) is 4.58. The third-order valence-corrected chi connectivity index (χ3v) is 4.62. The molecular weight excluding hydrogens is 350 g/mol. The molecule has 0 aliphatic rings. The number of anilines is 1. The molecule has 1 heterocycles. The maximum atomic E-state index is 12.5. The third kappa shape index (κ3) is 3.79. The van der Waals surface area contributed by atoms with Gasteiger partial charge in [0, 0.05) is 30.2 Å². The van der Waals surface area contributed by atoms with E-state index in [4.69, 9.17) is 9.68 Å². The van der Waals surface area contributed by atoms with Gasteiger partial charge in [0.15, 0.2) is 0 Å². The van der Waals surface area contributed by atoms with Crippen LogP contribution in [0.5, 0.6) is 0 Å². The molecule has 3 rings (SSSR count). The number of nitrogens with zero attached hydrogens (tertiary/aromatic N) is 3. The van der Waals surface area contributed by atoms with Gasteiger partial charge in [0.1, 0.15) is 5.58 Å². The number of nitriles is 2. The molecule has 0 unspecified atom stereocenters. The standard InChI is InChI=1S/C23H19N3O2/c1-3-26(4-2)21-10-9-18-11-19(23(27)28-22(18)13-21)12-20(15-25)17-7-5-16(14-24)6-8-17/h5-13H,3-4H2,1-2H3/b20-12+. The van der Waals surface area contributed by atoms with Gasteiger partial charge in [0.2, 0.25) is 0 Å². The van der Waals surface area contributed by atoms with Gasteiger partial charge in [-0.05, 0) is 55.8 Å². The Balaban J connectivity index is 2.05. The first kappa shape index (κ1) is 18.9. The Hall–Kier alpha value is -3.83. The fourth-order valence-corrected chi connectivity index (χ4v) is 3.06. The molecule has 138 valence electrons. The molecule has 0 bridgehead atoms. The van der Waals surface area contributed by atoms with Crippen molar-refractivity contribution in [2.75, 3.05) is 18.0 Å². The lowest BCUT2D eigenvalue weighted by atomic mass is 10.0. The number of fused-ring (bicyclic) bond motifs is 1. The largest absolute Gasteiger partial charge is 0.422 e. The summed E-state index contributed by atoms with van der Waals surface area (Å²) >= 11 is 0. The monoisotopic (exact) mass is 369 g/mol. The van der Waals surface area contributed by atoms with E-state index in [1.807, 2.05) is 24.3 Å². The van der Waals surface area contributed by atoms with Gasteiger partial charge in [-0.25, -0.2) is 4.79 Å². The summed E-state index contributed by atoms with van der Waals surface area (Å²) < 4.78 is 5.51. The SMILES string of the molecule is CCN(CC)c1ccc2cc(/C=C(\C#N)c3ccc(C#N)cc3)c(=O)oc2c1. The molecule has 0 amide bonds. The zero-order valence-corrected chi connectivity index (χ0v) is 15.8. The second-order valence-corrected chi connectivity index (χ2v) is 6.24. The lowest BCUT2D eigenvalue weighted by Crippen LogP contribution is -2.21. The molecule has 0 saturated heterocycles. The van der Waals surface area contributed by atoms with Crippen LogP contribution in [0.25, 0.3) is 22.6 Å². The van der Waals surface area contributed by atoms with Gasteiger partial charge < -0.3 is 9.32 Å². The van der Waals surface area contributed by atoms with Crippen LogP contribution >= 0.6 is 0 Å². The molecule has 0 aliphatic heterocycles. The number of allylic oxidation sites excluding steroid dienone is 1. The minimum absolute atomic E-state index is 0.309. The van der Waals surface area contributed by atoms with Crippen molar-refractivity contribution in [3.05, 3.63) is 75.6 Å². The van der Waals surface area contributed by atoms with E-state index in [2.05, 4.69) is 24.8 Å². The quantitative estimate of drug-likeness (QED) is 0.486. The maximum absolute atomic E-state index is 12.5. The fraction of sp³-hybridized carbons (Fsp3) is 0.174. The molecule has 2 aromatic carbocycles. The van der Waals surface area contributed by atoms with E-state index in [9.17, 15) is 10.1 Å². The molecule has 0 N–H and O–H groups in total. The highest BCUT2D eigenvalue weighted by Crippen LogP contribution is 2.23. The van der Waals surface area contributed by atoms with Crippen LogP contribution in [0, 0.1) is 22.7 Å². The summed E-state index contributed by atoms with van der Waals surface area (Å²) in [5.74, 6) is 0. The molecule has 5 nitrogen and oxygen atoms in total. The lowest BCUT2D eigenvalue weighted by Gasteiger charge is -2.20. The number of benzene rings is 2. The Morgan fingerprint density at radius 2 is 1.79 bits per heavy atom. The molecule has 0 atom stereocenters. The topological polar surface area (TPSA) is 81.0 Å². The number of hydrogen-bond acceptors (Lipinski definition) is 5. The van der Waals surface area contributed by atoms with E-state index < -0.39 is 5.63 Å². The Morgan fingerprint density at radius 3 is 2.39 bits per heavy atom. The first-order valence-electron chi connectivity index (χ1n) is 9.04. The molecule has 0 saturated carbocycles. The molecule has 0 aliphatic carbocycles. The summed E-state index contributed by atoms with van der Waals surface area (Å²) in [4.78, 5) is 14.6. The highest BCUT2D eigenvalue weighted by atomic mass is 16.4. The zero-order valence-electron chi connectivity index (χ0n) is 15.8. The van der Waals surface area contributed by atoms with E-state index in [0.29, 0.717) is 27.8 Å². The molecule has 0 fully saturated rings. The Kier molecular flexibility index (Phi) is 5.58. The molecule has 28 heavy (non-hydrogen) atoms. The summed E-state index contributed by atoms with van der Waals surface area (Å²) in [6.45, 7) is 5.88. The van der Waals surface area contributed by atoms with Gasteiger partial charge in [-0.2, -0.15) is 10.5 Å². The van der Waals surface area contributed by atoms with Crippen LogP contribution < -0.4 is 10.5 Å². The van der Waals surface area contributed by atoms with Crippen LogP contribution in [-0.2, 0) is 0 Å². The Labute approximate surface area is 163 Å². The van der Waals surface area contributed by atoms with Crippen molar-refractivity contribution in [3.63, 3.8) is 0 Å². The van der Waals surface area contributed by atoms with Crippen LogP contribution in [0.2, 0.25) is 0 Å². The second kappa shape index (κ2) is 8.24. The average Bonchev–Trinajstić information content (AvgIpc) is 2.73. The van der Waals surface area contributed by atoms with Crippen molar-refractivity contribution in [3.8, 4) is 12.1 Å². The minimum atomic E-state index is -0.495. The number of rotatable bonds is 5. The van der Waals surface area contributed by atoms with Crippen LogP contribution in [0.4, 0.5) is 5.69 Å². The summed E-state index contributed by atoms with van der Waals surface area (Å²) in [6, 6.07) is 18.3. The van der Waals surface area contributed by atoms with Crippen LogP contribution in [0.3, 0.4) is 0 Å². The van der Waals surface area contributed by atoms with E-state index in [-0.39, 0.29) is 0 Å². The van der Waals surface area contributed by atoms with Crippen molar-refractivity contribution in [1.82, 2.24) is 0 Å². The van der Waals surface area contributed by atoms with E-state index in [1.54, 1.807) is 30.3 Å². The first-order valence-corrected chi connectivity index (χ1v) is 9.04. The summed E-state index contributed by atoms with van der Waals surface area (Å²) in [5.41, 5.74) is 2.81. The zero-order chi connectivity index (χ0) is 20.1. The normalized spacial score (nSPS) is 11.1. The van der Waals surface area contributed by atoms with E-state index >= 15 is 0 Å². The van der Waals surface area contributed by atoms with Crippen LogP contribution in [0.1, 0.15) is 30.5 Å². The van der Waals surface area contributed by atoms with Gasteiger partial charge in [-0.1, -0.05) is 12.1 Å². The highest BCUT2D eigenvalue weighted by Gasteiger charge is 2.09. The van der Waals surface area contributed by atoms with Crippen molar-refractivity contribution in [2.24, 2.45) is 0 Å². The van der Waals surface area contributed by atoms with E-state index in [1.165, 1.54) is 6.08 Å². The second-order valence-electron chi connectivity index (χ2n) is 6.24. The highest BCUT2D eigenvalue weighted by molar-refractivity contribution is 5.91. The molecule has 1 aromatic heterocycles. The minimum Gasteiger partial charge on any atom is -0.422 e. The average molecular weight is 369 g/mol. The molecule has 0 spiro atoms. The van der Waals surface area contributed by atoms with Crippen LogP contribution in [0.15, 0.2) is 57.7 Å². The molecular formula is C23H19N3O2. The Bertz CT molecular complexity index is 1170. The summed E-state index contributed by atoms with van der Waals surface area (Å²) in [6.07, 6.45) is 1.52. The molecule has 3 aromatic rings. The van der Waals surface area contributed by atoms with Gasteiger partial charge >= 0.3 is 5.63 Å². The van der Waals surface area contributed by atoms with Crippen molar-refractivity contribution < 1.29 is 4.42 Å². The van der Waals surface area contributed by atoms with Gasteiger partial charge in [0.05, 0.1) is 28.8 Å². The summed E-state index contributed by atoms with van der Waals surface area (Å²) in [5, 5.41) is 19.2. The van der Waals surface area contributed by atoms with Crippen molar-refractivity contribution in [1.29, 1.82) is 10.5 Å². The fourth-order valence-electron chi connectivity index (χ4n) is 3.06. The van der Waals surface area contributed by atoms with Gasteiger partial charge in [-0.3, -0.25) is 0 Å². The summed E-state index contributed by atoms with van der Waals surface area (Å²) in [7, 11) is 0. The van der Waals surface area contributed by atoms with Crippen molar-refractivity contribution in [2.45, 2.75) is 13.8 Å². The smallest absolute Gasteiger partial charge is 0.343 e. The predicted molar refractivity (Wildman–Crippen MR) is 111 cm³/mol. The Morgan fingerprint density at radius 1 is 1.07 bits per heavy atom. The molecule has 5 heteroatoms. The lowest BCUT2D eigenvalue weighted by molar-refractivity contribution is 0.559. The van der Waals surface area contributed by atoms with Gasteiger partial charge in [0.25, 0.3) is 0 Å². The molecule has 0 radical (unpaired) electrons. The van der Waals surface area contributed by atoms with Crippen molar-refractivity contribution >= 4 is 28.3 Å². The third-order valence-electron chi connectivity index (χ3n) is 4.62. The van der Waals surface area contributed by atoms with Gasteiger partial charge in [-0.15, -0.1) is 0 Å².